The van der Waals surface area contributed by atoms with Crippen LogP contribution in [0.1, 0.15) is 19.3 Å². The van der Waals surface area contributed by atoms with E-state index in [0.29, 0.717) is 13.0 Å². The summed E-state index contributed by atoms with van der Waals surface area (Å²) in [4.78, 5) is 24.2. The maximum absolute atomic E-state index is 11.3. The van der Waals surface area contributed by atoms with Gasteiger partial charge in [0.15, 0.2) is 0 Å². The lowest BCUT2D eigenvalue weighted by Gasteiger charge is -2.20. The van der Waals surface area contributed by atoms with Crippen molar-refractivity contribution in [2.75, 3.05) is 13.1 Å². The van der Waals surface area contributed by atoms with Crippen LogP contribution < -0.4 is 5.32 Å². The summed E-state index contributed by atoms with van der Waals surface area (Å²) in [6.07, 6.45) is 2.30. The van der Waals surface area contributed by atoms with Crippen LogP contribution >= 0.6 is 0 Å². The van der Waals surface area contributed by atoms with Crippen molar-refractivity contribution >= 4 is 11.8 Å². The van der Waals surface area contributed by atoms with Gasteiger partial charge in [-0.3, -0.25) is 9.59 Å². The number of hydrogen-bond acceptors (Lipinski definition) is 2. The smallest absolute Gasteiger partial charge is 0.242 e. The third-order valence-corrected chi connectivity index (χ3v) is 2.51. The average Bonchev–Trinajstić information content (AvgIpc) is 2.59. The van der Waals surface area contributed by atoms with Gasteiger partial charge in [0.25, 0.3) is 0 Å². The van der Waals surface area contributed by atoms with E-state index in [1.807, 2.05) is 0 Å². The molecule has 2 aliphatic rings. The molecule has 0 radical (unpaired) electrons. The molecule has 0 saturated carbocycles. The van der Waals surface area contributed by atoms with Crippen molar-refractivity contribution < 1.29 is 9.59 Å². The van der Waals surface area contributed by atoms with Crippen molar-refractivity contribution in [1.82, 2.24) is 10.2 Å². The summed E-state index contributed by atoms with van der Waals surface area (Å²) in [7, 11) is 0. The van der Waals surface area contributed by atoms with E-state index >= 15 is 0 Å². The number of carbonyl (C=O) groups excluding carboxylic acids is 2. The standard InChI is InChI=1S/C8H12N2O2/c11-7-2-1-5-10(7)6-3-4-9-8(6)12/h6H,1-5H2,(H,9,12)/t6-/m1/s1. The molecule has 66 valence electrons. The molecule has 0 aromatic heterocycles. The average molecular weight is 168 g/mol. The minimum Gasteiger partial charge on any atom is -0.354 e. The molecule has 2 rings (SSSR count). The van der Waals surface area contributed by atoms with E-state index in [4.69, 9.17) is 0 Å². The van der Waals surface area contributed by atoms with Crippen LogP contribution in [0.25, 0.3) is 0 Å². The van der Waals surface area contributed by atoms with Crippen molar-refractivity contribution in [2.45, 2.75) is 25.3 Å². The molecule has 12 heavy (non-hydrogen) atoms. The number of carbonyl (C=O) groups is 2. The number of hydrogen-bond donors (Lipinski definition) is 1. The normalized spacial score (nSPS) is 29.7. The van der Waals surface area contributed by atoms with Crippen molar-refractivity contribution in [2.24, 2.45) is 0 Å². The molecule has 4 nitrogen and oxygen atoms in total. The Hall–Kier alpha value is -1.06. The highest BCUT2D eigenvalue weighted by atomic mass is 16.2. The van der Waals surface area contributed by atoms with Crippen LogP contribution in [0.4, 0.5) is 0 Å². The van der Waals surface area contributed by atoms with E-state index in [-0.39, 0.29) is 17.9 Å². The van der Waals surface area contributed by atoms with E-state index in [1.54, 1.807) is 4.90 Å². The van der Waals surface area contributed by atoms with Crippen LogP contribution in [-0.2, 0) is 9.59 Å². The largest absolute Gasteiger partial charge is 0.354 e. The zero-order valence-electron chi connectivity index (χ0n) is 6.88. The Morgan fingerprint density at radius 3 is 2.75 bits per heavy atom. The molecule has 2 heterocycles. The molecule has 1 N–H and O–H groups in total. The summed E-state index contributed by atoms with van der Waals surface area (Å²) in [6.45, 7) is 1.48. The topological polar surface area (TPSA) is 49.4 Å². The molecule has 0 unspecified atom stereocenters. The van der Waals surface area contributed by atoms with Gasteiger partial charge >= 0.3 is 0 Å². The Balaban J connectivity index is 2.08. The van der Waals surface area contributed by atoms with Gasteiger partial charge in [-0.2, -0.15) is 0 Å². The van der Waals surface area contributed by atoms with Crippen LogP contribution in [0, 0.1) is 0 Å². The molecule has 2 amide bonds. The molecule has 0 aliphatic carbocycles. The summed E-state index contributed by atoms with van der Waals surface area (Å²) in [6, 6.07) is -0.167. The number of likely N-dealkylation sites (tertiary alicyclic amines) is 1. The Morgan fingerprint density at radius 1 is 1.42 bits per heavy atom. The fourth-order valence-electron chi connectivity index (χ4n) is 1.88. The predicted octanol–water partition coefficient (Wildman–Crippen LogP) is -0.503. The van der Waals surface area contributed by atoms with Crippen molar-refractivity contribution in [1.29, 1.82) is 0 Å². The third kappa shape index (κ3) is 1.07. The van der Waals surface area contributed by atoms with Gasteiger partial charge in [-0.15, -0.1) is 0 Å². The molecule has 1 atom stereocenters. The third-order valence-electron chi connectivity index (χ3n) is 2.51. The van der Waals surface area contributed by atoms with Gasteiger partial charge in [0.1, 0.15) is 6.04 Å². The second kappa shape index (κ2) is 2.77. The van der Waals surface area contributed by atoms with Gasteiger partial charge in [-0.25, -0.2) is 0 Å². The van der Waals surface area contributed by atoms with Gasteiger partial charge in [0, 0.05) is 19.5 Å². The molecular weight excluding hydrogens is 156 g/mol. The maximum Gasteiger partial charge on any atom is 0.242 e. The highest BCUT2D eigenvalue weighted by molar-refractivity contribution is 5.89. The molecule has 0 bridgehead atoms. The van der Waals surface area contributed by atoms with E-state index < -0.39 is 0 Å². The van der Waals surface area contributed by atoms with Crippen LogP contribution in [0.3, 0.4) is 0 Å². The summed E-state index contributed by atoms with van der Waals surface area (Å²) in [5, 5.41) is 2.73. The van der Waals surface area contributed by atoms with Gasteiger partial charge in [0.2, 0.25) is 11.8 Å². The molecule has 0 aromatic carbocycles. The maximum atomic E-state index is 11.3. The van der Waals surface area contributed by atoms with E-state index in [1.165, 1.54) is 0 Å². The predicted molar refractivity (Wildman–Crippen MR) is 42.4 cm³/mol. The highest BCUT2D eigenvalue weighted by Crippen LogP contribution is 2.17. The number of rotatable bonds is 1. The minimum absolute atomic E-state index is 0.0188. The molecule has 2 aliphatic heterocycles. The van der Waals surface area contributed by atoms with Crippen molar-refractivity contribution in [3.05, 3.63) is 0 Å². The lowest BCUT2D eigenvalue weighted by molar-refractivity contribution is -0.135. The Bertz CT molecular complexity index is 203. The quantitative estimate of drug-likeness (QED) is 0.573. The lowest BCUT2D eigenvalue weighted by atomic mass is 10.2. The first kappa shape index (κ1) is 7.58. The van der Waals surface area contributed by atoms with E-state index in [0.717, 1.165) is 19.4 Å². The molecule has 0 spiro atoms. The van der Waals surface area contributed by atoms with Crippen molar-refractivity contribution in [3.63, 3.8) is 0 Å². The molecule has 0 aromatic rings. The Labute approximate surface area is 70.9 Å². The lowest BCUT2D eigenvalue weighted by Crippen LogP contribution is -2.41. The zero-order chi connectivity index (χ0) is 8.55. The molecule has 2 saturated heterocycles. The van der Waals surface area contributed by atoms with Gasteiger partial charge in [-0.1, -0.05) is 0 Å². The summed E-state index contributed by atoms with van der Waals surface area (Å²) >= 11 is 0. The van der Waals surface area contributed by atoms with E-state index in [2.05, 4.69) is 5.32 Å². The molecular formula is C8H12N2O2. The van der Waals surface area contributed by atoms with Gasteiger partial charge in [-0.05, 0) is 12.8 Å². The van der Waals surface area contributed by atoms with Crippen molar-refractivity contribution in [3.8, 4) is 0 Å². The molecule has 4 heteroatoms. The fraction of sp³-hybridized carbons (Fsp3) is 0.750. The fourth-order valence-corrected chi connectivity index (χ4v) is 1.88. The molecule has 2 fully saturated rings. The monoisotopic (exact) mass is 168 g/mol. The Kier molecular flexibility index (Phi) is 1.75. The van der Waals surface area contributed by atoms with Gasteiger partial charge in [0.05, 0.1) is 0 Å². The van der Waals surface area contributed by atoms with Crippen LogP contribution in [0.2, 0.25) is 0 Å². The first-order valence-corrected chi connectivity index (χ1v) is 4.36. The van der Waals surface area contributed by atoms with Crippen LogP contribution in [0.15, 0.2) is 0 Å². The summed E-state index contributed by atoms with van der Waals surface area (Å²) < 4.78 is 0. The number of amides is 2. The van der Waals surface area contributed by atoms with Gasteiger partial charge < -0.3 is 10.2 Å². The minimum atomic E-state index is -0.167. The number of nitrogens with zero attached hydrogens (tertiary/aromatic N) is 1. The highest BCUT2D eigenvalue weighted by Gasteiger charge is 2.35. The SMILES string of the molecule is O=C1NCC[C@H]1N1CCCC1=O. The van der Waals surface area contributed by atoms with E-state index in [9.17, 15) is 9.59 Å². The second-order valence-corrected chi connectivity index (χ2v) is 3.29. The Morgan fingerprint density at radius 2 is 2.25 bits per heavy atom. The number of nitrogens with one attached hydrogen (secondary N) is 1. The zero-order valence-corrected chi connectivity index (χ0v) is 6.88. The first-order chi connectivity index (χ1) is 5.79. The summed E-state index contributed by atoms with van der Waals surface area (Å²) in [5.41, 5.74) is 0. The first-order valence-electron chi connectivity index (χ1n) is 4.36. The van der Waals surface area contributed by atoms with Crippen LogP contribution in [-0.4, -0.2) is 35.8 Å². The summed E-state index contributed by atoms with van der Waals surface area (Å²) in [5.74, 6) is 0.155. The van der Waals surface area contributed by atoms with Crippen LogP contribution in [0.5, 0.6) is 0 Å². The second-order valence-electron chi connectivity index (χ2n) is 3.29.